The third-order valence-corrected chi connectivity index (χ3v) is 7.21. The topological polar surface area (TPSA) is 104 Å². The molecule has 1 aromatic heterocycles. The summed E-state index contributed by atoms with van der Waals surface area (Å²) in [6.45, 7) is 3.20. The van der Waals surface area contributed by atoms with Crippen molar-refractivity contribution in [3.63, 3.8) is 0 Å². The molecule has 1 N–H and O–H groups in total. The van der Waals surface area contributed by atoms with E-state index in [-0.39, 0.29) is 17.3 Å². The highest BCUT2D eigenvalue weighted by atomic mass is 16.2. The normalized spacial score (nSPS) is 19.4. The van der Waals surface area contributed by atoms with Crippen LogP contribution in [0.3, 0.4) is 0 Å². The molecule has 0 bridgehead atoms. The molecule has 36 heavy (non-hydrogen) atoms. The van der Waals surface area contributed by atoms with Gasteiger partial charge in [0.05, 0.1) is 29.7 Å². The van der Waals surface area contributed by atoms with Crippen LogP contribution >= 0.6 is 0 Å². The molecule has 0 aliphatic heterocycles. The number of aromatic nitrogens is 2. The Bertz CT molecular complexity index is 1400. The molecular weight excluding hydrogens is 450 g/mol. The first-order chi connectivity index (χ1) is 17.5. The first-order valence-corrected chi connectivity index (χ1v) is 12.5. The van der Waals surface area contributed by atoms with Gasteiger partial charge in [0.2, 0.25) is 0 Å². The van der Waals surface area contributed by atoms with Crippen molar-refractivity contribution in [2.24, 2.45) is 0 Å². The zero-order valence-corrected chi connectivity index (χ0v) is 20.6. The van der Waals surface area contributed by atoms with Crippen molar-refractivity contribution in [1.29, 1.82) is 10.5 Å². The number of aryl methyl sites for hydroxylation is 1. The fourth-order valence-corrected chi connectivity index (χ4v) is 5.19. The summed E-state index contributed by atoms with van der Waals surface area (Å²) in [5.74, 6) is 0. The summed E-state index contributed by atoms with van der Waals surface area (Å²) in [5, 5.41) is 23.0. The molecule has 0 spiro atoms. The lowest BCUT2D eigenvalue weighted by molar-refractivity contribution is 0.293. The van der Waals surface area contributed by atoms with E-state index in [1.807, 2.05) is 48.5 Å². The Kier molecular flexibility index (Phi) is 7.83. The summed E-state index contributed by atoms with van der Waals surface area (Å²) >= 11 is 0. The van der Waals surface area contributed by atoms with Crippen LogP contribution < -0.4 is 16.6 Å². The Balaban J connectivity index is 1.34. The van der Waals surface area contributed by atoms with E-state index in [0.29, 0.717) is 50.0 Å². The van der Waals surface area contributed by atoms with E-state index >= 15 is 0 Å². The molecule has 4 rings (SSSR count). The second-order valence-corrected chi connectivity index (χ2v) is 9.60. The lowest BCUT2D eigenvalue weighted by Gasteiger charge is -2.36. The first-order valence-electron chi connectivity index (χ1n) is 12.5. The van der Waals surface area contributed by atoms with E-state index in [1.54, 1.807) is 23.8 Å². The maximum atomic E-state index is 13.0. The SMILES string of the molecule is Cc1cn(Cc2ccccc2)c(=O)n(CCCNC2CCC(C#N)(c3ccccc3C#N)CC2)c1=O. The highest BCUT2D eigenvalue weighted by Gasteiger charge is 2.38. The van der Waals surface area contributed by atoms with Crippen LogP contribution in [-0.2, 0) is 18.5 Å². The average molecular weight is 482 g/mol. The van der Waals surface area contributed by atoms with Crippen LogP contribution in [0, 0.1) is 29.6 Å². The van der Waals surface area contributed by atoms with Crippen LogP contribution in [0.2, 0.25) is 0 Å². The van der Waals surface area contributed by atoms with Gasteiger partial charge < -0.3 is 5.32 Å². The fraction of sp³-hybridized carbons (Fsp3) is 0.379. The molecule has 1 heterocycles. The van der Waals surface area contributed by atoms with Gasteiger partial charge in [-0.05, 0) is 62.8 Å². The number of benzene rings is 2. The lowest BCUT2D eigenvalue weighted by Crippen LogP contribution is -2.42. The molecule has 1 aliphatic rings. The van der Waals surface area contributed by atoms with Crippen molar-refractivity contribution < 1.29 is 0 Å². The Morgan fingerprint density at radius 3 is 2.42 bits per heavy atom. The van der Waals surface area contributed by atoms with Crippen LogP contribution in [0.4, 0.5) is 0 Å². The van der Waals surface area contributed by atoms with Crippen LogP contribution in [0.25, 0.3) is 0 Å². The minimum Gasteiger partial charge on any atom is -0.314 e. The van der Waals surface area contributed by atoms with E-state index in [4.69, 9.17) is 0 Å². The Morgan fingerprint density at radius 2 is 1.72 bits per heavy atom. The Labute approximate surface area is 211 Å². The summed E-state index contributed by atoms with van der Waals surface area (Å²) < 4.78 is 2.93. The Hall–Kier alpha value is -3.94. The van der Waals surface area contributed by atoms with Gasteiger partial charge in [0.25, 0.3) is 5.56 Å². The summed E-state index contributed by atoms with van der Waals surface area (Å²) in [6, 6.07) is 22.1. The fourth-order valence-electron chi connectivity index (χ4n) is 5.19. The largest absolute Gasteiger partial charge is 0.331 e. The van der Waals surface area contributed by atoms with Crippen molar-refractivity contribution >= 4 is 0 Å². The molecule has 7 nitrogen and oxygen atoms in total. The number of hydrogen-bond donors (Lipinski definition) is 1. The molecule has 0 radical (unpaired) electrons. The summed E-state index contributed by atoms with van der Waals surface area (Å²) in [7, 11) is 0. The number of nitriles is 2. The van der Waals surface area contributed by atoms with E-state index in [1.165, 1.54) is 4.57 Å². The summed E-state index contributed by atoms with van der Waals surface area (Å²) in [6.07, 6.45) is 5.35. The molecule has 2 aromatic carbocycles. The molecule has 7 heteroatoms. The lowest BCUT2D eigenvalue weighted by atomic mass is 9.68. The minimum absolute atomic E-state index is 0.239. The third-order valence-electron chi connectivity index (χ3n) is 7.21. The first kappa shape index (κ1) is 25.2. The summed E-state index contributed by atoms with van der Waals surface area (Å²) in [5.41, 5.74) is 1.82. The van der Waals surface area contributed by atoms with E-state index < -0.39 is 5.41 Å². The van der Waals surface area contributed by atoms with Gasteiger partial charge in [0.1, 0.15) is 0 Å². The summed E-state index contributed by atoms with van der Waals surface area (Å²) in [4.78, 5) is 25.6. The van der Waals surface area contributed by atoms with Crippen molar-refractivity contribution in [2.75, 3.05) is 6.54 Å². The molecule has 1 aliphatic carbocycles. The van der Waals surface area contributed by atoms with Gasteiger partial charge in [-0.3, -0.25) is 13.9 Å². The standard InChI is InChI=1S/C29H31N5O2/c1-22-19-33(20-23-8-3-2-4-9-23)28(36)34(27(22)35)17-7-16-32-25-12-14-29(21-31,15-13-25)26-11-6-5-10-24(26)18-30/h2-6,8-11,19,25,32H,7,12-17,20H2,1H3. The molecule has 0 unspecified atom stereocenters. The maximum absolute atomic E-state index is 13.0. The minimum atomic E-state index is -0.622. The molecule has 0 atom stereocenters. The number of hydrogen-bond acceptors (Lipinski definition) is 5. The third kappa shape index (κ3) is 5.32. The van der Waals surface area contributed by atoms with Crippen LogP contribution in [0.5, 0.6) is 0 Å². The van der Waals surface area contributed by atoms with Crippen molar-refractivity contribution in [2.45, 2.75) is 63.6 Å². The molecule has 0 amide bonds. The molecule has 3 aromatic rings. The van der Waals surface area contributed by atoms with Gasteiger partial charge in [-0.2, -0.15) is 10.5 Å². The zero-order chi connectivity index (χ0) is 25.5. The number of nitrogens with zero attached hydrogens (tertiary/aromatic N) is 4. The molecule has 0 saturated heterocycles. The van der Waals surface area contributed by atoms with Gasteiger partial charge in [0.15, 0.2) is 0 Å². The zero-order valence-electron chi connectivity index (χ0n) is 20.6. The van der Waals surface area contributed by atoms with Gasteiger partial charge >= 0.3 is 5.69 Å². The van der Waals surface area contributed by atoms with E-state index in [0.717, 1.165) is 24.0 Å². The number of nitrogens with one attached hydrogen (secondary N) is 1. The van der Waals surface area contributed by atoms with Crippen molar-refractivity contribution in [3.8, 4) is 12.1 Å². The van der Waals surface area contributed by atoms with Crippen molar-refractivity contribution in [3.05, 3.63) is 104 Å². The number of rotatable bonds is 8. The second-order valence-electron chi connectivity index (χ2n) is 9.60. The van der Waals surface area contributed by atoms with Gasteiger partial charge in [-0.1, -0.05) is 48.5 Å². The van der Waals surface area contributed by atoms with Crippen LogP contribution in [0.1, 0.15) is 54.4 Å². The van der Waals surface area contributed by atoms with Crippen molar-refractivity contribution in [1.82, 2.24) is 14.5 Å². The van der Waals surface area contributed by atoms with Gasteiger partial charge in [-0.25, -0.2) is 4.79 Å². The van der Waals surface area contributed by atoms with Crippen LogP contribution in [-0.4, -0.2) is 21.7 Å². The molecule has 1 fully saturated rings. The quantitative estimate of drug-likeness (QED) is 0.495. The highest BCUT2D eigenvalue weighted by molar-refractivity contribution is 5.46. The smallest absolute Gasteiger partial charge is 0.314 e. The monoisotopic (exact) mass is 481 g/mol. The van der Waals surface area contributed by atoms with E-state index in [9.17, 15) is 20.1 Å². The molecule has 184 valence electrons. The average Bonchev–Trinajstić information content (AvgIpc) is 2.92. The van der Waals surface area contributed by atoms with E-state index in [2.05, 4.69) is 17.5 Å². The van der Waals surface area contributed by atoms with Gasteiger partial charge in [0, 0.05) is 24.3 Å². The maximum Gasteiger partial charge on any atom is 0.331 e. The second kappa shape index (κ2) is 11.2. The predicted molar refractivity (Wildman–Crippen MR) is 139 cm³/mol. The van der Waals surface area contributed by atoms with Gasteiger partial charge in [-0.15, -0.1) is 0 Å². The predicted octanol–water partition coefficient (Wildman–Crippen LogP) is 3.62. The molecular formula is C29H31N5O2. The highest BCUT2D eigenvalue weighted by Crippen LogP contribution is 2.40. The molecule has 1 saturated carbocycles. The Morgan fingerprint density at radius 1 is 1.03 bits per heavy atom. The van der Waals surface area contributed by atoms with Crippen LogP contribution in [0.15, 0.2) is 70.4 Å².